The van der Waals surface area contributed by atoms with Gasteiger partial charge >= 0.3 is 0 Å². The van der Waals surface area contributed by atoms with Crippen LogP contribution < -0.4 is 5.56 Å². The number of nitrogens with zero attached hydrogens (tertiary/aromatic N) is 5. The Bertz CT molecular complexity index is 1100. The Morgan fingerprint density at radius 3 is 2.83 bits per heavy atom. The SMILES string of the molecule is CCC(C)(C)n1nnnc1[C@H](c1cc2cc(C)ccc2[nH]c1=O)N1CCC[C@@H](C)C1. The van der Waals surface area contributed by atoms with Crippen molar-refractivity contribution in [2.24, 2.45) is 5.92 Å². The summed E-state index contributed by atoms with van der Waals surface area (Å²) in [6, 6.07) is 7.86. The lowest BCUT2D eigenvalue weighted by Crippen LogP contribution is -2.42. The topological polar surface area (TPSA) is 79.7 Å². The first kappa shape index (κ1) is 20.7. The maximum absolute atomic E-state index is 13.2. The number of pyridine rings is 1. The molecule has 2 atom stereocenters. The van der Waals surface area contributed by atoms with Gasteiger partial charge in [0.1, 0.15) is 6.04 Å². The Balaban J connectivity index is 1.91. The van der Waals surface area contributed by atoms with Gasteiger partial charge in [-0.3, -0.25) is 9.69 Å². The molecule has 1 aliphatic heterocycles. The fraction of sp³-hybridized carbons (Fsp3) is 0.565. The van der Waals surface area contributed by atoms with E-state index in [1.54, 1.807) is 0 Å². The molecule has 1 aliphatic rings. The van der Waals surface area contributed by atoms with Crippen molar-refractivity contribution in [2.45, 2.75) is 65.5 Å². The third kappa shape index (κ3) is 3.78. The summed E-state index contributed by atoms with van der Waals surface area (Å²) in [7, 11) is 0. The molecule has 7 nitrogen and oxygen atoms in total. The zero-order valence-corrected chi connectivity index (χ0v) is 18.6. The van der Waals surface area contributed by atoms with Crippen molar-refractivity contribution in [1.29, 1.82) is 0 Å². The van der Waals surface area contributed by atoms with Gasteiger partial charge in [0.2, 0.25) is 0 Å². The molecule has 7 heteroatoms. The van der Waals surface area contributed by atoms with Crippen LogP contribution >= 0.6 is 0 Å². The molecule has 4 rings (SSSR count). The smallest absolute Gasteiger partial charge is 0.253 e. The van der Waals surface area contributed by atoms with E-state index in [4.69, 9.17) is 0 Å². The van der Waals surface area contributed by atoms with Crippen LogP contribution in [0.2, 0.25) is 0 Å². The van der Waals surface area contributed by atoms with Crippen molar-refractivity contribution >= 4 is 10.9 Å². The van der Waals surface area contributed by atoms with E-state index < -0.39 is 0 Å². The van der Waals surface area contributed by atoms with Crippen LogP contribution in [-0.2, 0) is 5.54 Å². The number of piperidine rings is 1. The first-order chi connectivity index (χ1) is 14.3. The number of aromatic amines is 1. The molecule has 0 bridgehead atoms. The lowest BCUT2D eigenvalue weighted by Gasteiger charge is -2.37. The van der Waals surface area contributed by atoms with Gasteiger partial charge in [-0.1, -0.05) is 25.5 Å². The Hall–Kier alpha value is -2.54. The highest BCUT2D eigenvalue weighted by atomic mass is 16.1. The van der Waals surface area contributed by atoms with Gasteiger partial charge in [0.15, 0.2) is 5.82 Å². The first-order valence-corrected chi connectivity index (χ1v) is 11.0. The van der Waals surface area contributed by atoms with Crippen LogP contribution in [0, 0.1) is 12.8 Å². The number of aromatic nitrogens is 5. The number of nitrogens with one attached hydrogen (secondary N) is 1. The van der Waals surface area contributed by atoms with Crippen LogP contribution in [0.25, 0.3) is 10.9 Å². The van der Waals surface area contributed by atoms with Gasteiger partial charge in [0.05, 0.1) is 5.54 Å². The molecule has 1 fully saturated rings. The number of rotatable bonds is 5. The predicted octanol–water partition coefficient (Wildman–Crippen LogP) is 3.79. The molecular formula is C23H32N6O. The molecule has 0 amide bonds. The summed E-state index contributed by atoms with van der Waals surface area (Å²) in [5.41, 5.74) is 2.43. The fourth-order valence-corrected chi connectivity index (χ4v) is 4.45. The Morgan fingerprint density at radius 1 is 1.30 bits per heavy atom. The van der Waals surface area contributed by atoms with Gasteiger partial charge in [-0.2, -0.15) is 0 Å². The maximum atomic E-state index is 13.2. The highest BCUT2D eigenvalue weighted by Crippen LogP contribution is 2.33. The zero-order chi connectivity index (χ0) is 21.5. The predicted molar refractivity (Wildman–Crippen MR) is 119 cm³/mol. The molecule has 0 aliphatic carbocycles. The van der Waals surface area contributed by atoms with Crippen LogP contribution in [0.3, 0.4) is 0 Å². The molecule has 1 N–H and O–H groups in total. The normalized spacial score (nSPS) is 19.3. The summed E-state index contributed by atoms with van der Waals surface area (Å²) in [6.07, 6.45) is 3.21. The van der Waals surface area contributed by atoms with Gasteiger partial charge in [-0.05, 0) is 86.5 Å². The van der Waals surface area contributed by atoms with Crippen molar-refractivity contribution in [3.63, 3.8) is 0 Å². The third-order valence-electron chi connectivity index (χ3n) is 6.55. The van der Waals surface area contributed by atoms with Crippen LogP contribution in [0.15, 0.2) is 29.1 Å². The average Bonchev–Trinajstić information content (AvgIpc) is 3.19. The number of fused-ring (bicyclic) bond motifs is 1. The van der Waals surface area contributed by atoms with Crippen LogP contribution in [0.5, 0.6) is 0 Å². The molecular weight excluding hydrogens is 376 g/mol. The minimum Gasteiger partial charge on any atom is -0.322 e. The number of aryl methyl sites for hydroxylation is 1. The van der Waals surface area contributed by atoms with Crippen molar-refractivity contribution in [1.82, 2.24) is 30.1 Å². The number of benzene rings is 1. The third-order valence-corrected chi connectivity index (χ3v) is 6.55. The van der Waals surface area contributed by atoms with E-state index in [1.807, 2.05) is 22.9 Å². The molecule has 30 heavy (non-hydrogen) atoms. The van der Waals surface area contributed by atoms with Crippen LogP contribution in [0.1, 0.15) is 70.0 Å². The highest BCUT2D eigenvalue weighted by Gasteiger charge is 2.35. The standard InChI is InChI=1S/C23H32N6O/c1-6-23(4,5)29-21(25-26-27-29)20(28-11-7-8-16(3)14-28)18-13-17-12-15(2)9-10-19(17)24-22(18)30/h9-10,12-13,16,20H,6-8,11,14H2,1-5H3,(H,24,30)/t16-,20+/m1/s1. The molecule has 2 aromatic heterocycles. The molecule has 3 heterocycles. The second-order valence-corrected chi connectivity index (χ2v) is 9.40. The van der Waals surface area contributed by atoms with Crippen LogP contribution in [-0.4, -0.2) is 43.2 Å². The van der Waals surface area contributed by atoms with Crippen molar-refractivity contribution < 1.29 is 0 Å². The van der Waals surface area contributed by atoms with Gasteiger partial charge in [0, 0.05) is 17.6 Å². The maximum Gasteiger partial charge on any atom is 0.253 e. The molecule has 0 unspecified atom stereocenters. The molecule has 1 saturated heterocycles. The Labute approximate surface area is 177 Å². The van der Waals surface area contributed by atoms with Crippen molar-refractivity contribution in [3.8, 4) is 0 Å². The van der Waals surface area contributed by atoms with E-state index in [0.717, 1.165) is 42.7 Å². The number of H-pyrrole nitrogens is 1. The molecule has 3 aromatic rings. The summed E-state index contributed by atoms with van der Waals surface area (Å²) < 4.78 is 1.91. The minimum absolute atomic E-state index is 0.0709. The summed E-state index contributed by atoms with van der Waals surface area (Å²) in [4.78, 5) is 18.7. The monoisotopic (exact) mass is 408 g/mol. The second-order valence-electron chi connectivity index (χ2n) is 9.40. The van der Waals surface area contributed by atoms with Crippen molar-refractivity contribution in [3.05, 3.63) is 51.6 Å². The van der Waals surface area contributed by atoms with Gasteiger partial charge < -0.3 is 4.98 Å². The molecule has 160 valence electrons. The van der Waals surface area contributed by atoms with E-state index in [0.29, 0.717) is 11.5 Å². The lowest BCUT2D eigenvalue weighted by molar-refractivity contribution is 0.135. The number of hydrogen-bond acceptors (Lipinski definition) is 5. The van der Waals surface area contributed by atoms with Gasteiger partial charge in [0.25, 0.3) is 5.56 Å². The Morgan fingerprint density at radius 2 is 2.10 bits per heavy atom. The van der Waals surface area contributed by atoms with Gasteiger partial charge in [-0.15, -0.1) is 5.10 Å². The van der Waals surface area contributed by atoms with E-state index in [2.05, 4.69) is 66.1 Å². The summed E-state index contributed by atoms with van der Waals surface area (Å²) in [5, 5.41) is 13.9. The first-order valence-electron chi connectivity index (χ1n) is 11.0. The molecule has 0 saturated carbocycles. The van der Waals surface area contributed by atoms with E-state index in [-0.39, 0.29) is 17.1 Å². The second kappa shape index (κ2) is 7.95. The highest BCUT2D eigenvalue weighted by molar-refractivity contribution is 5.79. The van der Waals surface area contributed by atoms with Crippen LogP contribution in [0.4, 0.5) is 0 Å². The average molecular weight is 409 g/mol. The largest absolute Gasteiger partial charge is 0.322 e. The number of hydrogen-bond donors (Lipinski definition) is 1. The molecule has 0 spiro atoms. The summed E-state index contributed by atoms with van der Waals surface area (Å²) in [5.74, 6) is 1.32. The van der Waals surface area contributed by atoms with E-state index >= 15 is 0 Å². The minimum atomic E-state index is -0.276. The fourth-order valence-electron chi connectivity index (χ4n) is 4.45. The number of tetrazole rings is 1. The van der Waals surface area contributed by atoms with E-state index in [9.17, 15) is 4.79 Å². The molecule has 1 aromatic carbocycles. The van der Waals surface area contributed by atoms with E-state index in [1.165, 1.54) is 12.0 Å². The quantitative estimate of drug-likeness (QED) is 0.695. The summed E-state index contributed by atoms with van der Waals surface area (Å²) in [6.45, 7) is 12.6. The summed E-state index contributed by atoms with van der Waals surface area (Å²) >= 11 is 0. The zero-order valence-electron chi connectivity index (χ0n) is 18.6. The lowest BCUT2D eigenvalue weighted by atomic mass is 9.94. The Kier molecular flexibility index (Phi) is 5.49. The van der Waals surface area contributed by atoms with Crippen molar-refractivity contribution in [2.75, 3.05) is 13.1 Å². The number of likely N-dealkylation sites (tertiary alicyclic amines) is 1. The molecule has 0 radical (unpaired) electrons. The van der Waals surface area contributed by atoms with Gasteiger partial charge in [-0.25, -0.2) is 4.68 Å².